The fourth-order valence-electron chi connectivity index (χ4n) is 1.98. The van der Waals surface area contributed by atoms with Crippen molar-refractivity contribution in [3.05, 3.63) is 43.0 Å². The van der Waals surface area contributed by atoms with E-state index in [4.69, 9.17) is 0 Å². The molecule has 116 valence electrons. The second-order valence-electron chi connectivity index (χ2n) is 4.51. The zero-order valence-electron chi connectivity index (χ0n) is 11.3. The van der Waals surface area contributed by atoms with Gasteiger partial charge in [0.1, 0.15) is 9.60 Å². The van der Waals surface area contributed by atoms with Gasteiger partial charge in [0, 0.05) is 14.1 Å². The number of aryl methyl sites for hydroxylation is 1. The van der Waals surface area contributed by atoms with Gasteiger partial charge >= 0.3 is 5.69 Å². The smallest absolute Gasteiger partial charge is 0.279 e. The highest BCUT2D eigenvalue weighted by atomic mass is 79.9. The molecule has 0 saturated carbocycles. The standard InChI is InChI=1S/C11H9BrN4O4S2/c1-14-9-6(10(17)15(2)11(14)18)5-16(13-9)22(19,20)8-4-3-7(12)21-8/h3-5H,1-2H3. The molecular weight excluding hydrogens is 396 g/mol. The van der Waals surface area contributed by atoms with E-state index < -0.39 is 21.3 Å². The third-order valence-electron chi connectivity index (χ3n) is 3.15. The molecule has 0 fully saturated rings. The van der Waals surface area contributed by atoms with Gasteiger partial charge in [-0.1, -0.05) is 0 Å². The van der Waals surface area contributed by atoms with Gasteiger partial charge in [-0.05, 0) is 28.1 Å². The van der Waals surface area contributed by atoms with Crippen molar-refractivity contribution >= 4 is 48.3 Å². The van der Waals surface area contributed by atoms with Crippen molar-refractivity contribution < 1.29 is 8.42 Å². The number of hydrogen-bond donors (Lipinski definition) is 0. The van der Waals surface area contributed by atoms with Gasteiger partial charge in [-0.3, -0.25) is 13.9 Å². The summed E-state index contributed by atoms with van der Waals surface area (Å²) in [6.07, 6.45) is 1.13. The van der Waals surface area contributed by atoms with Crippen molar-refractivity contribution in [1.82, 2.24) is 18.3 Å². The molecule has 0 bridgehead atoms. The first-order chi connectivity index (χ1) is 10.2. The van der Waals surface area contributed by atoms with E-state index in [0.29, 0.717) is 3.79 Å². The average Bonchev–Trinajstić information content (AvgIpc) is 3.09. The van der Waals surface area contributed by atoms with Gasteiger partial charge in [0.05, 0.1) is 9.98 Å². The van der Waals surface area contributed by atoms with Gasteiger partial charge in [0.2, 0.25) is 0 Å². The molecule has 0 aliphatic carbocycles. The minimum absolute atomic E-state index is 0.0206. The Bertz CT molecular complexity index is 1120. The molecule has 0 aromatic carbocycles. The summed E-state index contributed by atoms with van der Waals surface area (Å²) in [6, 6.07) is 3.04. The van der Waals surface area contributed by atoms with Crippen molar-refractivity contribution in [2.45, 2.75) is 4.21 Å². The number of aromatic nitrogens is 4. The van der Waals surface area contributed by atoms with Crippen LogP contribution in [0.25, 0.3) is 11.0 Å². The molecule has 22 heavy (non-hydrogen) atoms. The minimum Gasteiger partial charge on any atom is -0.279 e. The molecule has 8 nitrogen and oxygen atoms in total. The normalized spacial score (nSPS) is 12.1. The molecule has 3 aromatic heterocycles. The van der Waals surface area contributed by atoms with E-state index in [9.17, 15) is 18.0 Å². The second-order valence-corrected chi connectivity index (χ2v) is 8.99. The Labute approximate surface area is 136 Å². The van der Waals surface area contributed by atoms with Crippen LogP contribution in [0.5, 0.6) is 0 Å². The summed E-state index contributed by atoms with van der Waals surface area (Å²) in [5.74, 6) is 0. The van der Waals surface area contributed by atoms with Gasteiger partial charge in [0.15, 0.2) is 5.65 Å². The number of thiophene rings is 1. The second kappa shape index (κ2) is 4.89. The van der Waals surface area contributed by atoms with E-state index in [-0.39, 0.29) is 15.2 Å². The molecule has 0 aliphatic rings. The Morgan fingerprint density at radius 3 is 2.45 bits per heavy atom. The van der Waals surface area contributed by atoms with Gasteiger partial charge in [-0.15, -0.1) is 16.4 Å². The van der Waals surface area contributed by atoms with Crippen LogP contribution in [0.1, 0.15) is 0 Å². The molecule has 3 rings (SSSR count). The Balaban J connectivity index is 2.35. The summed E-state index contributed by atoms with van der Waals surface area (Å²) < 4.78 is 28.5. The lowest BCUT2D eigenvalue weighted by Gasteiger charge is -2.01. The highest BCUT2D eigenvalue weighted by molar-refractivity contribution is 9.11. The Morgan fingerprint density at radius 2 is 1.86 bits per heavy atom. The van der Waals surface area contributed by atoms with E-state index in [1.807, 2.05) is 0 Å². The lowest BCUT2D eigenvalue weighted by molar-refractivity contribution is 0.582. The third-order valence-corrected chi connectivity index (χ3v) is 6.77. The highest BCUT2D eigenvalue weighted by Crippen LogP contribution is 2.27. The van der Waals surface area contributed by atoms with E-state index in [0.717, 1.165) is 30.8 Å². The fourth-order valence-corrected chi connectivity index (χ4v) is 5.19. The molecule has 3 aromatic rings. The third kappa shape index (κ3) is 2.08. The molecule has 0 atom stereocenters. The number of rotatable bonds is 2. The molecule has 0 spiro atoms. The summed E-state index contributed by atoms with van der Waals surface area (Å²) in [6.45, 7) is 0. The summed E-state index contributed by atoms with van der Waals surface area (Å²) >= 11 is 4.23. The van der Waals surface area contributed by atoms with Crippen LogP contribution in [0.2, 0.25) is 0 Å². The number of hydrogen-bond acceptors (Lipinski definition) is 6. The molecular formula is C11H9BrN4O4S2. The Kier molecular flexibility index (Phi) is 3.38. The maximum atomic E-state index is 12.5. The first kappa shape index (κ1) is 15.2. The van der Waals surface area contributed by atoms with Crippen LogP contribution in [0, 0.1) is 0 Å². The molecule has 0 radical (unpaired) electrons. The predicted octanol–water partition coefficient (Wildman–Crippen LogP) is 0.495. The highest BCUT2D eigenvalue weighted by Gasteiger charge is 2.23. The average molecular weight is 405 g/mol. The molecule has 0 saturated heterocycles. The molecule has 0 amide bonds. The van der Waals surface area contributed by atoms with Crippen molar-refractivity contribution in [2.75, 3.05) is 0 Å². The van der Waals surface area contributed by atoms with Crippen molar-refractivity contribution in [3.63, 3.8) is 0 Å². The molecule has 11 heteroatoms. The lowest BCUT2D eigenvalue weighted by Crippen LogP contribution is -2.36. The Morgan fingerprint density at radius 1 is 1.18 bits per heavy atom. The largest absolute Gasteiger partial charge is 0.332 e. The lowest BCUT2D eigenvalue weighted by atomic mass is 10.4. The summed E-state index contributed by atoms with van der Waals surface area (Å²) in [5.41, 5.74) is -1.14. The van der Waals surface area contributed by atoms with Crippen LogP contribution in [0.4, 0.5) is 0 Å². The zero-order chi connectivity index (χ0) is 16.2. The predicted molar refractivity (Wildman–Crippen MR) is 84.8 cm³/mol. The van der Waals surface area contributed by atoms with E-state index in [2.05, 4.69) is 21.0 Å². The van der Waals surface area contributed by atoms with Crippen molar-refractivity contribution in [1.29, 1.82) is 0 Å². The number of halogens is 1. The van der Waals surface area contributed by atoms with Crippen LogP contribution in [-0.2, 0) is 24.1 Å². The van der Waals surface area contributed by atoms with E-state index in [1.165, 1.54) is 20.2 Å². The van der Waals surface area contributed by atoms with E-state index >= 15 is 0 Å². The molecule has 0 unspecified atom stereocenters. The van der Waals surface area contributed by atoms with Crippen LogP contribution < -0.4 is 11.2 Å². The van der Waals surface area contributed by atoms with Crippen LogP contribution >= 0.6 is 27.3 Å². The number of fused-ring (bicyclic) bond motifs is 1. The monoisotopic (exact) mass is 404 g/mol. The summed E-state index contributed by atoms with van der Waals surface area (Å²) in [4.78, 5) is 23.9. The van der Waals surface area contributed by atoms with Gasteiger partial charge in [-0.2, -0.15) is 12.5 Å². The van der Waals surface area contributed by atoms with Crippen LogP contribution in [0.3, 0.4) is 0 Å². The first-order valence-corrected chi connectivity index (χ1v) is 8.95. The van der Waals surface area contributed by atoms with Crippen molar-refractivity contribution in [3.8, 4) is 0 Å². The van der Waals surface area contributed by atoms with Crippen LogP contribution in [0.15, 0.2) is 35.9 Å². The fraction of sp³-hybridized carbons (Fsp3) is 0.182. The van der Waals surface area contributed by atoms with Crippen molar-refractivity contribution in [2.24, 2.45) is 14.1 Å². The SMILES string of the molecule is Cn1c(=O)c2cn(S(=O)(=O)c3ccc(Br)s3)nc2n(C)c1=O. The first-order valence-electron chi connectivity index (χ1n) is 5.90. The zero-order valence-corrected chi connectivity index (χ0v) is 14.6. The molecule has 0 aliphatic heterocycles. The summed E-state index contributed by atoms with van der Waals surface area (Å²) in [7, 11) is -1.16. The minimum atomic E-state index is -3.91. The van der Waals surface area contributed by atoms with E-state index in [1.54, 1.807) is 6.07 Å². The molecule has 3 heterocycles. The maximum absolute atomic E-state index is 12.5. The Hall–Kier alpha value is -1.72. The topological polar surface area (TPSA) is 96.0 Å². The van der Waals surface area contributed by atoms with Crippen LogP contribution in [-0.4, -0.2) is 26.7 Å². The molecule has 0 N–H and O–H groups in total. The quantitative estimate of drug-likeness (QED) is 0.619. The summed E-state index contributed by atoms with van der Waals surface area (Å²) in [5, 5.41) is 3.96. The maximum Gasteiger partial charge on any atom is 0.332 e. The van der Waals surface area contributed by atoms with Gasteiger partial charge in [0.25, 0.3) is 15.6 Å². The van der Waals surface area contributed by atoms with Gasteiger partial charge in [-0.25, -0.2) is 4.79 Å². The number of nitrogens with zero attached hydrogens (tertiary/aromatic N) is 4. The van der Waals surface area contributed by atoms with Gasteiger partial charge < -0.3 is 0 Å².